The zero-order valence-corrected chi connectivity index (χ0v) is 13.7. The van der Waals surface area contributed by atoms with Crippen LogP contribution in [0.2, 0.25) is 15.1 Å². The lowest BCUT2D eigenvalue weighted by Crippen LogP contribution is -2.07. The lowest BCUT2D eigenvalue weighted by molar-refractivity contribution is 0.386. The van der Waals surface area contributed by atoms with Crippen molar-refractivity contribution in [2.75, 3.05) is 12.4 Å². The van der Waals surface area contributed by atoms with Crippen LogP contribution < -0.4 is 10.1 Å². The minimum Gasteiger partial charge on any atom is -0.494 e. The molecule has 0 saturated carbocycles. The van der Waals surface area contributed by atoms with E-state index in [9.17, 15) is 4.39 Å². The number of anilines is 1. The number of ether oxygens (including phenoxy) is 1. The molecule has 0 aliphatic heterocycles. The normalized spacial score (nSPS) is 12.1. The van der Waals surface area contributed by atoms with E-state index in [0.717, 1.165) is 5.56 Å². The monoisotopic (exact) mass is 347 g/mol. The fraction of sp³-hybridized carbons (Fsp3) is 0.200. The summed E-state index contributed by atoms with van der Waals surface area (Å²) >= 11 is 18.0. The van der Waals surface area contributed by atoms with Crippen molar-refractivity contribution in [2.45, 2.75) is 13.0 Å². The first-order valence-corrected chi connectivity index (χ1v) is 7.30. The highest BCUT2D eigenvalue weighted by Gasteiger charge is 2.12. The van der Waals surface area contributed by atoms with Crippen LogP contribution in [0.1, 0.15) is 18.5 Å². The Kier molecular flexibility index (Phi) is 5.20. The molecule has 1 atom stereocenters. The van der Waals surface area contributed by atoms with Gasteiger partial charge in [0.05, 0.1) is 27.9 Å². The van der Waals surface area contributed by atoms with Gasteiger partial charge in [-0.25, -0.2) is 4.39 Å². The Morgan fingerprint density at radius 2 is 1.71 bits per heavy atom. The minimum atomic E-state index is -0.413. The molecule has 21 heavy (non-hydrogen) atoms. The third kappa shape index (κ3) is 3.73. The van der Waals surface area contributed by atoms with Crippen LogP contribution in [0.3, 0.4) is 0 Å². The number of halogens is 4. The highest BCUT2D eigenvalue weighted by Crippen LogP contribution is 2.34. The Balaban J connectivity index is 2.23. The molecule has 1 N–H and O–H groups in total. The summed E-state index contributed by atoms with van der Waals surface area (Å²) in [4.78, 5) is 0. The van der Waals surface area contributed by atoms with Crippen molar-refractivity contribution in [1.82, 2.24) is 0 Å². The van der Waals surface area contributed by atoms with Gasteiger partial charge in [-0.15, -0.1) is 0 Å². The smallest absolute Gasteiger partial charge is 0.165 e. The molecule has 0 amide bonds. The van der Waals surface area contributed by atoms with Gasteiger partial charge in [0.2, 0.25) is 0 Å². The zero-order chi connectivity index (χ0) is 15.6. The molecule has 2 nitrogen and oxygen atoms in total. The van der Waals surface area contributed by atoms with Gasteiger partial charge >= 0.3 is 0 Å². The first-order chi connectivity index (χ1) is 9.92. The largest absolute Gasteiger partial charge is 0.494 e. The Labute approximate surface area is 137 Å². The van der Waals surface area contributed by atoms with Gasteiger partial charge in [-0.1, -0.05) is 40.9 Å². The van der Waals surface area contributed by atoms with Gasteiger partial charge in [0.15, 0.2) is 11.6 Å². The van der Waals surface area contributed by atoms with Crippen LogP contribution in [0.25, 0.3) is 0 Å². The van der Waals surface area contributed by atoms with Crippen molar-refractivity contribution >= 4 is 40.5 Å². The van der Waals surface area contributed by atoms with E-state index in [1.54, 1.807) is 24.3 Å². The van der Waals surface area contributed by atoms with Crippen molar-refractivity contribution in [3.8, 4) is 5.75 Å². The molecule has 1 unspecified atom stereocenters. The Hall–Kier alpha value is -1.16. The Morgan fingerprint density at radius 1 is 1.05 bits per heavy atom. The molecule has 2 rings (SSSR count). The van der Waals surface area contributed by atoms with Gasteiger partial charge in [-0.05, 0) is 36.8 Å². The fourth-order valence-corrected chi connectivity index (χ4v) is 2.50. The quantitative estimate of drug-likeness (QED) is 0.687. The summed E-state index contributed by atoms with van der Waals surface area (Å²) in [5.74, 6) is -0.206. The Morgan fingerprint density at radius 3 is 2.33 bits per heavy atom. The number of rotatable bonds is 4. The lowest BCUT2D eigenvalue weighted by atomic mass is 10.1. The highest BCUT2D eigenvalue weighted by atomic mass is 35.5. The molecule has 2 aromatic carbocycles. The van der Waals surface area contributed by atoms with E-state index < -0.39 is 5.82 Å². The van der Waals surface area contributed by atoms with Crippen LogP contribution in [0.15, 0.2) is 30.3 Å². The summed E-state index contributed by atoms with van der Waals surface area (Å²) in [5, 5.41) is 4.41. The predicted molar refractivity (Wildman–Crippen MR) is 86.5 cm³/mol. The lowest BCUT2D eigenvalue weighted by Gasteiger charge is -2.18. The molecular formula is C15H13Cl3FNO. The van der Waals surface area contributed by atoms with E-state index in [-0.39, 0.29) is 11.8 Å². The molecule has 0 spiro atoms. The topological polar surface area (TPSA) is 21.3 Å². The van der Waals surface area contributed by atoms with Crippen LogP contribution in [0.4, 0.5) is 10.1 Å². The van der Waals surface area contributed by atoms with E-state index in [1.165, 1.54) is 13.2 Å². The maximum Gasteiger partial charge on any atom is 0.165 e. The first-order valence-electron chi connectivity index (χ1n) is 6.17. The Bertz CT molecular complexity index is 664. The second-order valence-corrected chi connectivity index (χ2v) is 5.73. The maximum atomic E-state index is 13.7. The van der Waals surface area contributed by atoms with Crippen LogP contribution >= 0.6 is 34.8 Å². The van der Waals surface area contributed by atoms with Crippen LogP contribution in [0.5, 0.6) is 5.75 Å². The molecule has 6 heteroatoms. The molecule has 0 aliphatic carbocycles. The van der Waals surface area contributed by atoms with E-state index >= 15 is 0 Å². The molecule has 0 bridgehead atoms. The number of methoxy groups -OCH3 is 1. The molecule has 0 radical (unpaired) electrons. The van der Waals surface area contributed by atoms with E-state index in [2.05, 4.69) is 5.32 Å². The molecule has 0 aliphatic rings. The van der Waals surface area contributed by atoms with Crippen molar-refractivity contribution < 1.29 is 9.13 Å². The molecular weight excluding hydrogens is 336 g/mol. The van der Waals surface area contributed by atoms with Gasteiger partial charge in [0.25, 0.3) is 0 Å². The maximum absolute atomic E-state index is 13.7. The van der Waals surface area contributed by atoms with Gasteiger partial charge in [-0.2, -0.15) is 0 Å². The van der Waals surface area contributed by atoms with Crippen molar-refractivity contribution in [2.24, 2.45) is 0 Å². The average Bonchev–Trinajstić information content (AvgIpc) is 2.44. The molecule has 112 valence electrons. The fourth-order valence-electron chi connectivity index (χ4n) is 1.90. The first kappa shape index (κ1) is 16.2. The standard InChI is InChI=1S/C15H13Cl3FNO/c1-8(9-3-4-15(21-2)13(19)5-9)20-14-7-11(17)10(16)6-12(14)18/h3-8,20H,1-2H3. The van der Waals surface area contributed by atoms with E-state index in [0.29, 0.717) is 20.8 Å². The summed E-state index contributed by atoms with van der Waals surface area (Å²) in [6.45, 7) is 1.89. The molecule has 0 aromatic heterocycles. The number of benzene rings is 2. The van der Waals surface area contributed by atoms with Crippen LogP contribution in [0, 0.1) is 5.82 Å². The highest BCUT2D eigenvalue weighted by molar-refractivity contribution is 6.44. The SMILES string of the molecule is COc1ccc(C(C)Nc2cc(Cl)c(Cl)cc2Cl)cc1F. The third-order valence-electron chi connectivity index (χ3n) is 3.06. The third-order valence-corrected chi connectivity index (χ3v) is 4.09. The average molecular weight is 349 g/mol. The van der Waals surface area contributed by atoms with Crippen molar-refractivity contribution in [3.63, 3.8) is 0 Å². The second-order valence-electron chi connectivity index (χ2n) is 4.51. The molecule has 2 aromatic rings. The van der Waals surface area contributed by atoms with Crippen LogP contribution in [-0.2, 0) is 0 Å². The van der Waals surface area contributed by atoms with Crippen LogP contribution in [-0.4, -0.2) is 7.11 Å². The summed E-state index contributed by atoms with van der Waals surface area (Å²) in [5.41, 5.74) is 1.39. The molecule has 0 fully saturated rings. The summed E-state index contributed by atoms with van der Waals surface area (Å²) < 4.78 is 18.6. The molecule has 0 saturated heterocycles. The van der Waals surface area contributed by atoms with Crippen molar-refractivity contribution in [1.29, 1.82) is 0 Å². The van der Waals surface area contributed by atoms with Gasteiger partial charge in [0, 0.05) is 6.04 Å². The predicted octanol–water partition coefficient (Wildman–Crippen LogP) is 5.97. The van der Waals surface area contributed by atoms with Gasteiger partial charge in [-0.3, -0.25) is 0 Å². The molecule has 0 heterocycles. The summed E-state index contributed by atoms with van der Waals surface area (Å²) in [7, 11) is 1.43. The minimum absolute atomic E-state index is 0.167. The zero-order valence-electron chi connectivity index (χ0n) is 11.4. The number of nitrogens with one attached hydrogen (secondary N) is 1. The van der Waals surface area contributed by atoms with E-state index in [1.807, 2.05) is 6.92 Å². The summed E-state index contributed by atoms with van der Waals surface area (Å²) in [6, 6.07) is 7.82. The number of hydrogen-bond acceptors (Lipinski definition) is 2. The van der Waals surface area contributed by atoms with Gasteiger partial charge in [0.1, 0.15) is 0 Å². The van der Waals surface area contributed by atoms with Gasteiger partial charge < -0.3 is 10.1 Å². The van der Waals surface area contributed by atoms with Crippen molar-refractivity contribution in [3.05, 3.63) is 56.8 Å². The second kappa shape index (κ2) is 6.73. The van der Waals surface area contributed by atoms with E-state index in [4.69, 9.17) is 39.5 Å². The summed E-state index contributed by atoms with van der Waals surface area (Å²) in [6.07, 6.45) is 0. The number of hydrogen-bond donors (Lipinski definition) is 1.